The molecule has 0 fully saturated rings. The molecule has 2 aromatic heterocycles. The number of para-hydroxylation sites is 1. The number of carbonyl (C=O) groups excluding carboxylic acids is 1. The van der Waals surface area contributed by atoms with Crippen LogP contribution in [0.4, 0.5) is 24.7 Å². The summed E-state index contributed by atoms with van der Waals surface area (Å²) in [7, 11) is 0. The summed E-state index contributed by atoms with van der Waals surface area (Å²) < 4.78 is 47.5. The standard InChI is InChI=1S/C21H19F3N4O2/c22-21(23,24)18-11-14(17-8-4-10-30-17)25-19-12-15(26-28(18)19)20(29)27-9-3-6-13-5-1-2-7-16(13)27/h1-2,4-5,7-8,10,12,14,18,25H,3,6,9,11H2/t14-,18+/m1/s1. The highest BCUT2D eigenvalue weighted by molar-refractivity contribution is 6.06. The maximum Gasteiger partial charge on any atom is 0.410 e. The topological polar surface area (TPSA) is 63.3 Å². The van der Waals surface area contributed by atoms with Crippen LogP contribution in [0.25, 0.3) is 0 Å². The Morgan fingerprint density at radius 3 is 2.80 bits per heavy atom. The number of halogens is 3. The van der Waals surface area contributed by atoms with Gasteiger partial charge in [0.05, 0.1) is 12.3 Å². The summed E-state index contributed by atoms with van der Waals surface area (Å²) in [6, 6.07) is 9.73. The van der Waals surface area contributed by atoms with Gasteiger partial charge in [-0.05, 0) is 36.6 Å². The number of nitrogens with zero attached hydrogens (tertiary/aromatic N) is 3. The molecule has 3 aromatic rings. The Kier molecular flexibility index (Phi) is 4.34. The van der Waals surface area contributed by atoms with Crippen LogP contribution in [0, 0.1) is 0 Å². The van der Waals surface area contributed by atoms with Crippen molar-refractivity contribution in [2.24, 2.45) is 0 Å². The van der Waals surface area contributed by atoms with Crippen molar-refractivity contribution in [1.82, 2.24) is 9.78 Å². The van der Waals surface area contributed by atoms with Crippen molar-refractivity contribution in [2.75, 3.05) is 16.8 Å². The van der Waals surface area contributed by atoms with Crippen LogP contribution in [0.1, 0.15) is 46.7 Å². The Balaban J connectivity index is 1.51. The van der Waals surface area contributed by atoms with Crippen molar-refractivity contribution in [3.05, 3.63) is 65.7 Å². The zero-order valence-corrected chi connectivity index (χ0v) is 15.9. The third kappa shape index (κ3) is 3.14. The molecule has 0 aliphatic carbocycles. The first kappa shape index (κ1) is 18.8. The summed E-state index contributed by atoms with van der Waals surface area (Å²) in [4.78, 5) is 14.8. The monoisotopic (exact) mass is 416 g/mol. The number of benzene rings is 1. The second kappa shape index (κ2) is 6.93. The van der Waals surface area contributed by atoms with Gasteiger partial charge in [-0.2, -0.15) is 18.3 Å². The smallest absolute Gasteiger partial charge is 0.410 e. The Morgan fingerprint density at radius 1 is 1.20 bits per heavy atom. The molecule has 1 amide bonds. The van der Waals surface area contributed by atoms with Crippen LogP contribution >= 0.6 is 0 Å². The van der Waals surface area contributed by atoms with Gasteiger partial charge in [-0.25, -0.2) is 4.68 Å². The van der Waals surface area contributed by atoms with E-state index in [2.05, 4.69) is 10.4 Å². The molecule has 2 aliphatic heterocycles. The van der Waals surface area contributed by atoms with Crippen LogP contribution in [-0.4, -0.2) is 28.4 Å². The number of alkyl halides is 3. The molecule has 2 aliphatic rings. The molecule has 4 heterocycles. The average molecular weight is 416 g/mol. The first-order valence-electron chi connectivity index (χ1n) is 9.78. The maximum atomic E-state index is 13.8. The Labute approximate surface area is 170 Å². The SMILES string of the molecule is O=C(c1cc2n(n1)[C@H](C(F)(F)F)C[C@H](c1ccco1)N2)N1CCCc2ccccc21. The summed E-state index contributed by atoms with van der Waals surface area (Å²) in [5.41, 5.74) is 1.82. The minimum atomic E-state index is -4.51. The Hall–Kier alpha value is -3.23. The van der Waals surface area contributed by atoms with Gasteiger partial charge in [0.2, 0.25) is 0 Å². The molecule has 9 heteroatoms. The molecule has 0 bridgehead atoms. The van der Waals surface area contributed by atoms with Crippen LogP contribution in [0.5, 0.6) is 0 Å². The van der Waals surface area contributed by atoms with Crippen LogP contribution in [0.15, 0.2) is 53.1 Å². The van der Waals surface area contributed by atoms with Gasteiger partial charge in [-0.15, -0.1) is 0 Å². The molecule has 30 heavy (non-hydrogen) atoms. The predicted octanol–water partition coefficient (Wildman–Crippen LogP) is 4.73. The Morgan fingerprint density at radius 2 is 2.03 bits per heavy atom. The number of aromatic nitrogens is 2. The van der Waals surface area contributed by atoms with Crippen molar-refractivity contribution in [3.63, 3.8) is 0 Å². The van der Waals surface area contributed by atoms with Crippen molar-refractivity contribution in [3.8, 4) is 0 Å². The molecule has 1 N–H and O–H groups in total. The summed E-state index contributed by atoms with van der Waals surface area (Å²) in [6.07, 6.45) is -1.70. The lowest BCUT2D eigenvalue weighted by Crippen LogP contribution is -2.37. The quantitative estimate of drug-likeness (QED) is 0.656. The fraction of sp³-hybridized carbons (Fsp3) is 0.333. The normalized spacial score (nSPS) is 21.0. The van der Waals surface area contributed by atoms with E-state index in [9.17, 15) is 18.0 Å². The van der Waals surface area contributed by atoms with Gasteiger partial charge in [0.25, 0.3) is 5.91 Å². The Bertz CT molecular complexity index is 1070. The maximum absolute atomic E-state index is 13.8. The van der Waals surface area contributed by atoms with Gasteiger partial charge >= 0.3 is 6.18 Å². The molecule has 0 radical (unpaired) electrons. The number of aryl methyl sites for hydroxylation is 1. The first-order valence-corrected chi connectivity index (χ1v) is 9.78. The zero-order valence-electron chi connectivity index (χ0n) is 15.9. The number of amides is 1. The van der Waals surface area contributed by atoms with Gasteiger partial charge < -0.3 is 14.6 Å². The number of nitrogens with one attached hydrogen (secondary N) is 1. The number of anilines is 2. The first-order chi connectivity index (χ1) is 14.4. The van der Waals surface area contributed by atoms with E-state index in [4.69, 9.17) is 4.42 Å². The number of furan rings is 1. The molecule has 0 spiro atoms. The minimum absolute atomic E-state index is 0.0106. The van der Waals surface area contributed by atoms with Crippen molar-refractivity contribution < 1.29 is 22.4 Å². The van der Waals surface area contributed by atoms with E-state index in [1.807, 2.05) is 24.3 Å². The van der Waals surface area contributed by atoms with Crippen molar-refractivity contribution in [1.29, 1.82) is 0 Å². The number of rotatable bonds is 2. The molecule has 0 saturated heterocycles. The van der Waals surface area contributed by atoms with Crippen LogP contribution in [0.3, 0.4) is 0 Å². The lowest BCUT2D eigenvalue weighted by Gasteiger charge is -2.32. The highest BCUT2D eigenvalue weighted by Crippen LogP contribution is 2.44. The largest absolute Gasteiger partial charge is 0.467 e. The van der Waals surface area contributed by atoms with Gasteiger partial charge in [0.1, 0.15) is 11.6 Å². The molecule has 0 unspecified atom stereocenters. The average Bonchev–Trinajstić information content (AvgIpc) is 3.41. The second-order valence-corrected chi connectivity index (χ2v) is 7.55. The summed E-state index contributed by atoms with van der Waals surface area (Å²) >= 11 is 0. The summed E-state index contributed by atoms with van der Waals surface area (Å²) in [5.74, 6) is 0.162. The van der Waals surface area contributed by atoms with E-state index < -0.39 is 24.2 Å². The molecular formula is C21H19F3N4O2. The predicted molar refractivity (Wildman–Crippen MR) is 103 cm³/mol. The number of carbonyl (C=O) groups is 1. The van der Waals surface area contributed by atoms with E-state index in [-0.39, 0.29) is 17.9 Å². The molecule has 1 aromatic carbocycles. The van der Waals surface area contributed by atoms with Crippen LogP contribution in [-0.2, 0) is 6.42 Å². The minimum Gasteiger partial charge on any atom is -0.467 e. The molecular weight excluding hydrogens is 397 g/mol. The number of hydrogen-bond donors (Lipinski definition) is 1. The van der Waals surface area contributed by atoms with Gasteiger partial charge in [-0.3, -0.25) is 4.79 Å². The highest BCUT2D eigenvalue weighted by atomic mass is 19.4. The molecule has 2 atom stereocenters. The molecule has 5 rings (SSSR count). The van der Waals surface area contributed by atoms with E-state index in [0.717, 1.165) is 28.8 Å². The molecule has 6 nitrogen and oxygen atoms in total. The lowest BCUT2D eigenvalue weighted by atomic mass is 10.0. The van der Waals surface area contributed by atoms with Crippen molar-refractivity contribution >= 4 is 17.4 Å². The van der Waals surface area contributed by atoms with E-state index >= 15 is 0 Å². The second-order valence-electron chi connectivity index (χ2n) is 7.55. The fourth-order valence-corrected chi connectivity index (χ4v) is 4.24. The highest BCUT2D eigenvalue weighted by Gasteiger charge is 2.47. The summed E-state index contributed by atoms with van der Waals surface area (Å²) in [5, 5.41) is 7.11. The van der Waals surface area contributed by atoms with Crippen LogP contribution < -0.4 is 10.2 Å². The zero-order chi connectivity index (χ0) is 20.9. The van der Waals surface area contributed by atoms with Crippen molar-refractivity contribution in [2.45, 2.75) is 37.5 Å². The fourth-order valence-electron chi connectivity index (χ4n) is 4.24. The van der Waals surface area contributed by atoms with E-state index in [0.29, 0.717) is 12.3 Å². The van der Waals surface area contributed by atoms with E-state index in [1.54, 1.807) is 17.0 Å². The lowest BCUT2D eigenvalue weighted by molar-refractivity contribution is -0.174. The third-order valence-corrected chi connectivity index (χ3v) is 5.65. The van der Waals surface area contributed by atoms with Gasteiger partial charge in [0, 0.05) is 24.7 Å². The van der Waals surface area contributed by atoms with E-state index in [1.165, 1.54) is 12.3 Å². The third-order valence-electron chi connectivity index (χ3n) is 5.65. The van der Waals surface area contributed by atoms with Crippen LogP contribution in [0.2, 0.25) is 0 Å². The number of hydrogen-bond acceptors (Lipinski definition) is 4. The van der Waals surface area contributed by atoms with Gasteiger partial charge in [0.15, 0.2) is 11.7 Å². The molecule has 0 saturated carbocycles. The van der Waals surface area contributed by atoms with Gasteiger partial charge in [-0.1, -0.05) is 18.2 Å². The molecule has 156 valence electrons. The number of fused-ring (bicyclic) bond motifs is 2. The summed E-state index contributed by atoms with van der Waals surface area (Å²) in [6.45, 7) is 0.503.